The molecule has 1 amide bonds. The fraction of sp³-hybridized carbons (Fsp3) is 0.462. The zero-order chi connectivity index (χ0) is 11.2. The Morgan fingerprint density at radius 2 is 2.00 bits per heavy atom. The highest BCUT2D eigenvalue weighted by atomic mass is 16.1. The third-order valence-corrected chi connectivity index (χ3v) is 3.72. The molecule has 0 bridgehead atoms. The molecule has 2 fully saturated rings. The number of hydrogen-bond acceptors (Lipinski definition) is 2. The molecule has 1 aromatic rings. The SMILES string of the molecule is Nc1ccccc1C(=O)NC1(C2CC2)CC1. The summed E-state index contributed by atoms with van der Waals surface area (Å²) < 4.78 is 0. The number of nitrogens with one attached hydrogen (secondary N) is 1. The van der Waals surface area contributed by atoms with Crippen LogP contribution in [0.3, 0.4) is 0 Å². The summed E-state index contributed by atoms with van der Waals surface area (Å²) >= 11 is 0. The second kappa shape index (κ2) is 3.24. The van der Waals surface area contributed by atoms with E-state index in [1.165, 1.54) is 12.8 Å². The topological polar surface area (TPSA) is 55.1 Å². The summed E-state index contributed by atoms with van der Waals surface area (Å²) in [6, 6.07) is 7.25. The van der Waals surface area contributed by atoms with Crippen molar-refractivity contribution in [1.82, 2.24) is 5.32 Å². The van der Waals surface area contributed by atoms with Crippen LogP contribution in [0.1, 0.15) is 36.0 Å². The van der Waals surface area contributed by atoms with Gasteiger partial charge in [0.2, 0.25) is 0 Å². The first-order chi connectivity index (χ1) is 7.71. The number of nitrogens with two attached hydrogens (primary N) is 1. The van der Waals surface area contributed by atoms with Crippen molar-refractivity contribution < 1.29 is 4.79 Å². The van der Waals surface area contributed by atoms with Crippen molar-refractivity contribution in [3.63, 3.8) is 0 Å². The van der Waals surface area contributed by atoms with Gasteiger partial charge < -0.3 is 11.1 Å². The molecule has 2 aliphatic rings. The zero-order valence-corrected chi connectivity index (χ0v) is 9.20. The molecule has 16 heavy (non-hydrogen) atoms. The minimum Gasteiger partial charge on any atom is -0.398 e. The van der Waals surface area contributed by atoms with Crippen LogP contribution in [0, 0.1) is 5.92 Å². The summed E-state index contributed by atoms with van der Waals surface area (Å²) in [5, 5.41) is 3.17. The number of benzene rings is 1. The second-order valence-corrected chi connectivity index (χ2v) is 4.97. The average molecular weight is 216 g/mol. The molecular formula is C13H16N2O. The van der Waals surface area contributed by atoms with Crippen LogP contribution in [0.4, 0.5) is 5.69 Å². The normalized spacial score (nSPS) is 21.5. The van der Waals surface area contributed by atoms with Crippen molar-refractivity contribution in [3.8, 4) is 0 Å². The van der Waals surface area contributed by atoms with Crippen molar-refractivity contribution in [2.75, 3.05) is 5.73 Å². The highest BCUT2D eigenvalue weighted by molar-refractivity contribution is 5.99. The van der Waals surface area contributed by atoms with Gasteiger partial charge in [-0.05, 0) is 43.7 Å². The molecule has 3 N–H and O–H groups in total. The van der Waals surface area contributed by atoms with Crippen LogP contribution in [0.2, 0.25) is 0 Å². The standard InChI is InChI=1S/C13H16N2O/c14-11-4-2-1-3-10(11)12(16)15-13(7-8-13)9-5-6-9/h1-4,9H,5-8,14H2,(H,15,16). The molecule has 0 radical (unpaired) electrons. The fourth-order valence-corrected chi connectivity index (χ4v) is 2.40. The summed E-state index contributed by atoms with van der Waals surface area (Å²) in [5.74, 6) is 0.712. The largest absolute Gasteiger partial charge is 0.398 e. The van der Waals surface area contributed by atoms with Crippen LogP contribution in [0.15, 0.2) is 24.3 Å². The van der Waals surface area contributed by atoms with E-state index in [2.05, 4.69) is 5.32 Å². The number of carbonyl (C=O) groups excluding carboxylic acids is 1. The maximum atomic E-state index is 12.1. The number of anilines is 1. The van der Waals surface area contributed by atoms with Crippen LogP contribution in [-0.2, 0) is 0 Å². The molecule has 0 heterocycles. The maximum absolute atomic E-state index is 12.1. The lowest BCUT2D eigenvalue weighted by Crippen LogP contribution is -2.38. The number of nitrogen functional groups attached to an aromatic ring is 1. The van der Waals surface area contributed by atoms with E-state index in [1.807, 2.05) is 12.1 Å². The molecule has 2 aliphatic carbocycles. The predicted octanol–water partition coefficient (Wildman–Crippen LogP) is 1.94. The second-order valence-electron chi connectivity index (χ2n) is 4.97. The van der Waals surface area contributed by atoms with Gasteiger partial charge in [-0.2, -0.15) is 0 Å². The van der Waals surface area contributed by atoms with Crippen LogP contribution in [0.25, 0.3) is 0 Å². The molecule has 0 saturated heterocycles. The third kappa shape index (κ3) is 1.56. The van der Waals surface area contributed by atoms with Crippen LogP contribution in [0.5, 0.6) is 0 Å². The van der Waals surface area contributed by atoms with Crippen LogP contribution in [-0.4, -0.2) is 11.4 Å². The Kier molecular flexibility index (Phi) is 1.96. The van der Waals surface area contributed by atoms with Crippen molar-refractivity contribution in [2.45, 2.75) is 31.2 Å². The molecule has 0 spiro atoms. The van der Waals surface area contributed by atoms with Gasteiger partial charge in [0, 0.05) is 11.2 Å². The molecule has 3 heteroatoms. The summed E-state index contributed by atoms with van der Waals surface area (Å²) in [7, 11) is 0. The van der Waals surface area contributed by atoms with Gasteiger partial charge in [0.1, 0.15) is 0 Å². The number of rotatable bonds is 3. The first kappa shape index (κ1) is 9.70. The summed E-state index contributed by atoms with van der Waals surface area (Å²) in [4.78, 5) is 12.1. The van der Waals surface area contributed by atoms with E-state index < -0.39 is 0 Å². The highest BCUT2D eigenvalue weighted by Crippen LogP contribution is 2.53. The molecule has 2 saturated carbocycles. The molecule has 0 aromatic heterocycles. The van der Waals surface area contributed by atoms with E-state index in [0.29, 0.717) is 11.3 Å². The Labute approximate surface area is 95.0 Å². The van der Waals surface area contributed by atoms with Gasteiger partial charge in [0.15, 0.2) is 0 Å². The smallest absolute Gasteiger partial charge is 0.253 e. The first-order valence-electron chi connectivity index (χ1n) is 5.88. The Morgan fingerprint density at radius 3 is 2.56 bits per heavy atom. The van der Waals surface area contributed by atoms with Gasteiger partial charge in [-0.1, -0.05) is 12.1 Å². The van der Waals surface area contributed by atoms with Crippen molar-refractivity contribution in [1.29, 1.82) is 0 Å². The van der Waals surface area contributed by atoms with E-state index >= 15 is 0 Å². The Hall–Kier alpha value is -1.51. The van der Waals surface area contributed by atoms with Gasteiger partial charge in [0.25, 0.3) is 5.91 Å². The highest BCUT2D eigenvalue weighted by Gasteiger charge is 2.54. The molecular weight excluding hydrogens is 200 g/mol. The zero-order valence-electron chi connectivity index (χ0n) is 9.20. The average Bonchev–Trinajstić information content (AvgIpc) is 3.12. The number of amides is 1. The maximum Gasteiger partial charge on any atom is 0.253 e. The van der Waals surface area contributed by atoms with Crippen molar-refractivity contribution in [2.24, 2.45) is 5.92 Å². The van der Waals surface area contributed by atoms with E-state index in [9.17, 15) is 4.79 Å². The minimum atomic E-state index is -0.0116. The number of carbonyl (C=O) groups is 1. The van der Waals surface area contributed by atoms with Gasteiger partial charge in [-0.3, -0.25) is 4.79 Å². The molecule has 3 nitrogen and oxygen atoms in total. The Balaban J connectivity index is 1.76. The lowest BCUT2D eigenvalue weighted by atomic mass is 10.1. The van der Waals surface area contributed by atoms with E-state index in [0.717, 1.165) is 18.8 Å². The molecule has 84 valence electrons. The van der Waals surface area contributed by atoms with Gasteiger partial charge in [0.05, 0.1) is 5.56 Å². The molecule has 3 rings (SSSR count). The van der Waals surface area contributed by atoms with Gasteiger partial charge in [-0.15, -0.1) is 0 Å². The lowest BCUT2D eigenvalue weighted by molar-refractivity contribution is 0.0926. The first-order valence-corrected chi connectivity index (χ1v) is 5.88. The van der Waals surface area contributed by atoms with Crippen LogP contribution < -0.4 is 11.1 Å². The number of hydrogen-bond donors (Lipinski definition) is 2. The molecule has 0 aliphatic heterocycles. The summed E-state index contributed by atoms with van der Waals surface area (Å²) in [6.07, 6.45) is 4.81. The van der Waals surface area contributed by atoms with Gasteiger partial charge >= 0.3 is 0 Å². The Morgan fingerprint density at radius 1 is 1.31 bits per heavy atom. The van der Waals surface area contributed by atoms with Crippen molar-refractivity contribution >= 4 is 11.6 Å². The fourth-order valence-electron chi connectivity index (χ4n) is 2.40. The van der Waals surface area contributed by atoms with E-state index in [-0.39, 0.29) is 11.4 Å². The summed E-state index contributed by atoms with van der Waals surface area (Å²) in [6.45, 7) is 0. The minimum absolute atomic E-state index is 0.0116. The van der Waals surface area contributed by atoms with Crippen molar-refractivity contribution in [3.05, 3.63) is 29.8 Å². The molecule has 0 atom stereocenters. The van der Waals surface area contributed by atoms with E-state index in [4.69, 9.17) is 5.73 Å². The predicted molar refractivity (Wildman–Crippen MR) is 63.0 cm³/mol. The van der Waals surface area contributed by atoms with Crippen LogP contribution >= 0.6 is 0 Å². The summed E-state index contributed by atoms with van der Waals surface area (Å²) in [5.41, 5.74) is 7.08. The monoisotopic (exact) mass is 216 g/mol. The van der Waals surface area contributed by atoms with E-state index in [1.54, 1.807) is 12.1 Å². The molecule has 0 unspecified atom stereocenters. The van der Waals surface area contributed by atoms with Gasteiger partial charge in [-0.25, -0.2) is 0 Å². The lowest BCUT2D eigenvalue weighted by Gasteiger charge is -2.17. The Bertz CT molecular complexity index is 433. The quantitative estimate of drug-likeness (QED) is 0.759. The third-order valence-electron chi connectivity index (χ3n) is 3.72. The number of para-hydroxylation sites is 1. The molecule has 1 aromatic carbocycles.